The molecule has 3 aromatic rings. The van der Waals surface area contributed by atoms with Gasteiger partial charge in [0.25, 0.3) is 5.91 Å². The zero-order chi connectivity index (χ0) is 22.9. The van der Waals surface area contributed by atoms with E-state index in [1.807, 2.05) is 43.0 Å². The van der Waals surface area contributed by atoms with Gasteiger partial charge in [-0.15, -0.1) is 0 Å². The third kappa shape index (κ3) is 4.36. The summed E-state index contributed by atoms with van der Waals surface area (Å²) in [5.74, 6) is 0.626. The lowest BCUT2D eigenvalue weighted by Gasteiger charge is -2.32. The van der Waals surface area contributed by atoms with E-state index in [2.05, 4.69) is 15.5 Å². The number of aromatic nitrogens is 2. The van der Waals surface area contributed by atoms with Crippen LogP contribution in [0.1, 0.15) is 71.9 Å². The molecule has 2 aromatic heterocycles. The molecule has 5 rings (SSSR count). The number of rotatable bonds is 4. The van der Waals surface area contributed by atoms with Crippen molar-refractivity contribution in [1.82, 2.24) is 15.0 Å². The summed E-state index contributed by atoms with van der Waals surface area (Å²) in [6.45, 7) is 5.40. The van der Waals surface area contributed by atoms with Gasteiger partial charge in [0.1, 0.15) is 0 Å². The van der Waals surface area contributed by atoms with Crippen molar-refractivity contribution >= 4 is 28.4 Å². The van der Waals surface area contributed by atoms with E-state index in [1.54, 1.807) is 6.07 Å². The van der Waals surface area contributed by atoms with Crippen LogP contribution in [-0.4, -0.2) is 39.9 Å². The monoisotopic (exact) mass is 446 g/mol. The van der Waals surface area contributed by atoms with Gasteiger partial charge in [-0.2, -0.15) is 0 Å². The van der Waals surface area contributed by atoms with Gasteiger partial charge in [-0.25, -0.2) is 0 Å². The third-order valence-corrected chi connectivity index (χ3v) is 7.14. The molecule has 2 fully saturated rings. The summed E-state index contributed by atoms with van der Waals surface area (Å²) in [4.78, 5) is 32.2. The fourth-order valence-corrected chi connectivity index (χ4v) is 5.17. The standard InChI is InChI=1S/C26H30N4O3/c1-16-7-10-21-20(9-8-17(2)27-21)24(16)28-25(31)23-15-22(29-33-23)18-11-13-30(14-12-18)26(32)19-5-3-4-6-19/h7-10,15,18-19H,3-6,11-14H2,1-2H3,(H,28,31). The molecule has 2 aliphatic rings. The number of anilines is 1. The molecule has 0 unspecified atom stereocenters. The lowest BCUT2D eigenvalue weighted by atomic mass is 9.92. The Morgan fingerprint density at radius 2 is 1.79 bits per heavy atom. The van der Waals surface area contributed by atoms with Crippen LogP contribution in [0.25, 0.3) is 10.9 Å². The molecule has 1 N–H and O–H groups in total. The number of fused-ring (bicyclic) bond motifs is 1. The Kier molecular flexibility index (Phi) is 5.87. The Hall–Kier alpha value is -3.22. The van der Waals surface area contributed by atoms with Crippen molar-refractivity contribution in [2.24, 2.45) is 5.92 Å². The molecule has 33 heavy (non-hydrogen) atoms. The minimum atomic E-state index is -0.321. The van der Waals surface area contributed by atoms with Gasteiger partial charge in [0.2, 0.25) is 11.7 Å². The topological polar surface area (TPSA) is 88.3 Å². The van der Waals surface area contributed by atoms with E-state index in [1.165, 1.54) is 12.8 Å². The van der Waals surface area contributed by atoms with Crippen molar-refractivity contribution < 1.29 is 14.1 Å². The van der Waals surface area contributed by atoms with Gasteiger partial charge in [0.05, 0.1) is 16.9 Å². The average molecular weight is 447 g/mol. The van der Waals surface area contributed by atoms with Crippen molar-refractivity contribution in [2.45, 2.75) is 58.3 Å². The summed E-state index contributed by atoms with van der Waals surface area (Å²) >= 11 is 0. The molecule has 1 aliphatic carbocycles. The van der Waals surface area contributed by atoms with Gasteiger partial charge in [-0.3, -0.25) is 14.6 Å². The van der Waals surface area contributed by atoms with E-state index in [4.69, 9.17) is 4.52 Å². The number of likely N-dealkylation sites (tertiary alicyclic amines) is 1. The molecule has 1 aromatic carbocycles. The summed E-state index contributed by atoms with van der Waals surface area (Å²) < 4.78 is 5.42. The van der Waals surface area contributed by atoms with Crippen LogP contribution in [-0.2, 0) is 4.79 Å². The molecule has 2 amide bonds. The van der Waals surface area contributed by atoms with E-state index in [9.17, 15) is 9.59 Å². The number of aryl methyl sites for hydroxylation is 2. The molecule has 3 heterocycles. The lowest BCUT2D eigenvalue weighted by Crippen LogP contribution is -2.40. The second-order valence-corrected chi connectivity index (χ2v) is 9.43. The predicted octanol–water partition coefficient (Wildman–Crippen LogP) is 4.99. The summed E-state index contributed by atoms with van der Waals surface area (Å²) in [6.07, 6.45) is 6.11. The summed E-state index contributed by atoms with van der Waals surface area (Å²) in [7, 11) is 0. The van der Waals surface area contributed by atoms with Crippen LogP contribution in [0, 0.1) is 19.8 Å². The molecule has 0 spiro atoms. The van der Waals surface area contributed by atoms with E-state index in [-0.39, 0.29) is 23.5 Å². The molecule has 0 atom stereocenters. The van der Waals surface area contributed by atoms with E-state index < -0.39 is 0 Å². The SMILES string of the molecule is Cc1ccc2c(NC(=O)c3cc(C4CCN(C(=O)C5CCCC5)CC4)no3)c(C)ccc2n1. The van der Waals surface area contributed by atoms with Crippen molar-refractivity contribution in [3.63, 3.8) is 0 Å². The maximum Gasteiger partial charge on any atom is 0.294 e. The van der Waals surface area contributed by atoms with Gasteiger partial charge in [0, 0.05) is 42.1 Å². The predicted molar refractivity (Wildman–Crippen MR) is 126 cm³/mol. The molecule has 1 aliphatic heterocycles. The number of piperidine rings is 1. The number of hydrogen-bond acceptors (Lipinski definition) is 5. The Morgan fingerprint density at radius 1 is 1.03 bits per heavy atom. The highest BCUT2D eigenvalue weighted by atomic mass is 16.5. The van der Waals surface area contributed by atoms with Gasteiger partial charge in [-0.05, 0) is 63.3 Å². The maximum atomic E-state index is 12.9. The molecule has 0 bridgehead atoms. The Bertz CT molecular complexity index is 1190. The molecule has 0 radical (unpaired) electrons. The van der Waals surface area contributed by atoms with E-state index in [0.29, 0.717) is 5.91 Å². The largest absolute Gasteiger partial charge is 0.351 e. The van der Waals surface area contributed by atoms with Crippen LogP contribution in [0.5, 0.6) is 0 Å². The highest BCUT2D eigenvalue weighted by Crippen LogP contribution is 2.32. The number of hydrogen-bond donors (Lipinski definition) is 1. The quantitative estimate of drug-likeness (QED) is 0.610. The third-order valence-electron chi connectivity index (χ3n) is 7.14. The molecule has 1 saturated carbocycles. The minimum absolute atomic E-state index is 0.200. The molecule has 7 heteroatoms. The molecule has 172 valence electrons. The number of carbonyl (C=O) groups is 2. The molecule has 7 nitrogen and oxygen atoms in total. The van der Waals surface area contributed by atoms with Crippen LogP contribution in [0.4, 0.5) is 5.69 Å². The van der Waals surface area contributed by atoms with Gasteiger partial charge >= 0.3 is 0 Å². The number of amides is 2. The van der Waals surface area contributed by atoms with E-state index >= 15 is 0 Å². The Labute approximate surface area is 193 Å². The first kappa shape index (κ1) is 21.6. The first-order chi connectivity index (χ1) is 16.0. The van der Waals surface area contributed by atoms with Crippen molar-refractivity contribution in [1.29, 1.82) is 0 Å². The second-order valence-electron chi connectivity index (χ2n) is 9.43. The highest BCUT2D eigenvalue weighted by molar-refractivity contribution is 6.08. The second kappa shape index (κ2) is 8.96. The number of carbonyl (C=O) groups excluding carboxylic acids is 2. The van der Waals surface area contributed by atoms with Crippen LogP contribution in [0.2, 0.25) is 0 Å². The van der Waals surface area contributed by atoms with Gasteiger partial charge < -0.3 is 14.7 Å². The number of benzene rings is 1. The van der Waals surface area contributed by atoms with Crippen LogP contribution in [0.15, 0.2) is 34.9 Å². The summed E-state index contributed by atoms with van der Waals surface area (Å²) in [6, 6.07) is 9.58. The zero-order valence-electron chi connectivity index (χ0n) is 19.3. The van der Waals surface area contributed by atoms with Crippen LogP contribution in [0.3, 0.4) is 0 Å². The van der Waals surface area contributed by atoms with Crippen molar-refractivity contribution in [3.8, 4) is 0 Å². The smallest absolute Gasteiger partial charge is 0.294 e. The lowest BCUT2D eigenvalue weighted by molar-refractivity contribution is -0.136. The molecule has 1 saturated heterocycles. The fourth-order valence-electron chi connectivity index (χ4n) is 5.17. The Balaban J connectivity index is 1.25. The molecular weight excluding hydrogens is 416 g/mol. The van der Waals surface area contributed by atoms with Crippen LogP contribution >= 0.6 is 0 Å². The number of nitrogens with zero attached hydrogens (tertiary/aromatic N) is 3. The molecular formula is C26H30N4O3. The summed E-state index contributed by atoms with van der Waals surface area (Å²) in [5.41, 5.74) is 4.26. The van der Waals surface area contributed by atoms with Gasteiger partial charge in [0.15, 0.2) is 0 Å². The first-order valence-electron chi connectivity index (χ1n) is 11.9. The van der Waals surface area contributed by atoms with E-state index in [0.717, 1.165) is 72.3 Å². The fraction of sp³-hybridized carbons (Fsp3) is 0.462. The van der Waals surface area contributed by atoms with Crippen molar-refractivity contribution in [3.05, 3.63) is 53.0 Å². The van der Waals surface area contributed by atoms with Crippen LogP contribution < -0.4 is 5.32 Å². The number of pyridine rings is 1. The number of nitrogens with one attached hydrogen (secondary N) is 1. The van der Waals surface area contributed by atoms with Gasteiger partial charge in [-0.1, -0.05) is 24.1 Å². The average Bonchev–Trinajstić information content (AvgIpc) is 3.53. The minimum Gasteiger partial charge on any atom is -0.351 e. The highest BCUT2D eigenvalue weighted by Gasteiger charge is 2.31. The maximum absolute atomic E-state index is 12.9. The zero-order valence-corrected chi connectivity index (χ0v) is 19.3. The normalized spacial score (nSPS) is 17.6. The summed E-state index contributed by atoms with van der Waals surface area (Å²) in [5, 5.41) is 8.08. The Morgan fingerprint density at radius 3 is 2.55 bits per heavy atom. The van der Waals surface area contributed by atoms with Crippen molar-refractivity contribution in [2.75, 3.05) is 18.4 Å². The first-order valence-corrected chi connectivity index (χ1v) is 11.9.